The minimum absolute atomic E-state index is 0.283. The standard InChI is InChI=1S/C23H32O5/c1-5-19(23(25)26-7-3)17-20-16-18(4)12-13-21(20)27-14-10-8-9-11-15-28-22(24)6-2/h6,12-13,16-17H,2,5,7-11,14-15H2,1,3-4H3/b19-17-. The Morgan fingerprint density at radius 1 is 1.04 bits per heavy atom. The van der Waals surface area contributed by atoms with Crippen LogP contribution in [0.1, 0.15) is 57.1 Å². The zero-order valence-electron chi connectivity index (χ0n) is 17.3. The molecule has 0 radical (unpaired) electrons. The van der Waals surface area contributed by atoms with Crippen molar-refractivity contribution in [3.63, 3.8) is 0 Å². The fraction of sp³-hybridized carbons (Fsp3) is 0.478. The lowest BCUT2D eigenvalue weighted by Crippen LogP contribution is -2.07. The Labute approximate surface area is 168 Å². The highest BCUT2D eigenvalue weighted by Gasteiger charge is 2.10. The molecule has 0 aliphatic rings. The molecule has 0 bridgehead atoms. The van der Waals surface area contributed by atoms with Gasteiger partial charge in [0, 0.05) is 17.2 Å². The minimum atomic E-state index is -0.377. The van der Waals surface area contributed by atoms with Crippen molar-refractivity contribution >= 4 is 18.0 Å². The van der Waals surface area contributed by atoms with Gasteiger partial charge in [-0.15, -0.1) is 0 Å². The summed E-state index contributed by atoms with van der Waals surface area (Å²) in [6, 6.07) is 5.95. The average molecular weight is 389 g/mol. The van der Waals surface area contributed by atoms with E-state index in [4.69, 9.17) is 14.2 Å². The average Bonchev–Trinajstić information content (AvgIpc) is 2.69. The number of carbonyl (C=O) groups excluding carboxylic acids is 2. The van der Waals surface area contributed by atoms with Gasteiger partial charge in [-0.3, -0.25) is 0 Å². The van der Waals surface area contributed by atoms with Gasteiger partial charge < -0.3 is 14.2 Å². The quantitative estimate of drug-likeness (QED) is 0.270. The van der Waals surface area contributed by atoms with Crippen LogP contribution in [0.25, 0.3) is 6.08 Å². The van der Waals surface area contributed by atoms with Gasteiger partial charge in [0.1, 0.15) is 5.75 Å². The smallest absolute Gasteiger partial charge is 0.333 e. The number of hydrogen-bond donors (Lipinski definition) is 0. The topological polar surface area (TPSA) is 61.8 Å². The summed E-state index contributed by atoms with van der Waals surface area (Å²) in [5.41, 5.74) is 2.62. The van der Waals surface area contributed by atoms with Gasteiger partial charge in [-0.1, -0.05) is 25.1 Å². The zero-order chi connectivity index (χ0) is 20.8. The van der Waals surface area contributed by atoms with Crippen molar-refractivity contribution in [3.05, 3.63) is 47.6 Å². The maximum Gasteiger partial charge on any atom is 0.333 e. The summed E-state index contributed by atoms with van der Waals surface area (Å²) in [4.78, 5) is 23.0. The third-order valence-corrected chi connectivity index (χ3v) is 4.12. The normalized spacial score (nSPS) is 11.0. The number of esters is 2. The Balaban J connectivity index is 2.54. The SMILES string of the molecule is C=CC(=O)OCCCCCCOc1ccc(C)cc1/C=C(/CC)C(=O)OCC. The molecule has 0 aliphatic heterocycles. The molecule has 0 aromatic heterocycles. The van der Waals surface area contributed by atoms with Gasteiger partial charge in [-0.05, 0) is 64.2 Å². The molecule has 0 aliphatic carbocycles. The number of benzene rings is 1. The van der Waals surface area contributed by atoms with Gasteiger partial charge in [0.15, 0.2) is 0 Å². The van der Waals surface area contributed by atoms with E-state index >= 15 is 0 Å². The minimum Gasteiger partial charge on any atom is -0.493 e. The van der Waals surface area contributed by atoms with Crippen LogP contribution >= 0.6 is 0 Å². The number of carbonyl (C=O) groups is 2. The molecular formula is C23H32O5. The van der Waals surface area contributed by atoms with Crippen LogP contribution in [-0.2, 0) is 19.1 Å². The molecule has 0 spiro atoms. The van der Waals surface area contributed by atoms with E-state index in [9.17, 15) is 9.59 Å². The van der Waals surface area contributed by atoms with Crippen molar-refractivity contribution in [1.29, 1.82) is 0 Å². The molecule has 5 heteroatoms. The lowest BCUT2D eigenvalue weighted by molar-refractivity contribution is -0.139. The van der Waals surface area contributed by atoms with Crippen molar-refractivity contribution < 1.29 is 23.8 Å². The highest BCUT2D eigenvalue weighted by Crippen LogP contribution is 2.24. The van der Waals surface area contributed by atoms with E-state index in [1.807, 2.05) is 38.1 Å². The third-order valence-electron chi connectivity index (χ3n) is 4.12. The highest BCUT2D eigenvalue weighted by atomic mass is 16.5. The summed E-state index contributed by atoms with van der Waals surface area (Å²) in [5.74, 6) is 0.105. The van der Waals surface area contributed by atoms with E-state index < -0.39 is 0 Å². The Kier molecular flexibility index (Phi) is 11.4. The first-order chi connectivity index (χ1) is 13.5. The van der Waals surface area contributed by atoms with Crippen molar-refractivity contribution in [2.45, 2.75) is 52.9 Å². The maximum atomic E-state index is 12.1. The Morgan fingerprint density at radius 2 is 1.75 bits per heavy atom. The van der Waals surface area contributed by atoms with E-state index in [1.165, 1.54) is 6.08 Å². The molecule has 1 aromatic rings. The highest BCUT2D eigenvalue weighted by molar-refractivity contribution is 5.94. The lowest BCUT2D eigenvalue weighted by Gasteiger charge is -2.12. The molecule has 28 heavy (non-hydrogen) atoms. The molecule has 0 fully saturated rings. The summed E-state index contributed by atoms with van der Waals surface area (Å²) in [6.07, 6.45) is 7.33. The second-order valence-electron chi connectivity index (χ2n) is 6.42. The first-order valence-corrected chi connectivity index (χ1v) is 9.92. The first-order valence-electron chi connectivity index (χ1n) is 9.92. The van der Waals surface area contributed by atoms with E-state index in [1.54, 1.807) is 6.92 Å². The number of ether oxygens (including phenoxy) is 3. The summed E-state index contributed by atoms with van der Waals surface area (Å²) in [7, 11) is 0. The molecule has 0 saturated carbocycles. The Bertz CT molecular complexity index is 676. The second kappa shape index (κ2) is 13.6. The number of aryl methyl sites for hydroxylation is 1. The van der Waals surface area contributed by atoms with Gasteiger partial charge in [-0.2, -0.15) is 0 Å². The molecule has 0 saturated heterocycles. The Hall–Kier alpha value is -2.56. The molecule has 0 unspecified atom stereocenters. The fourth-order valence-corrected chi connectivity index (χ4v) is 2.60. The molecule has 0 amide bonds. The third kappa shape index (κ3) is 8.89. The second-order valence-corrected chi connectivity index (χ2v) is 6.42. The summed E-state index contributed by atoms with van der Waals surface area (Å²) < 4.78 is 16.0. The monoisotopic (exact) mass is 388 g/mol. The van der Waals surface area contributed by atoms with Crippen LogP contribution < -0.4 is 4.74 Å². The predicted molar refractivity (Wildman–Crippen MR) is 111 cm³/mol. The molecule has 1 aromatic carbocycles. The summed E-state index contributed by atoms with van der Waals surface area (Å²) >= 11 is 0. The number of unbranched alkanes of at least 4 members (excludes halogenated alkanes) is 3. The van der Waals surface area contributed by atoms with Gasteiger partial charge in [0.25, 0.3) is 0 Å². The fourth-order valence-electron chi connectivity index (χ4n) is 2.60. The number of hydrogen-bond acceptors (Lipinski definition) is 5. The zero-order valence-corrected chi connectivity index (χ0v) is 17.3. The predicted octanol–water partition coefficient (Wildman–Crippen LogP) is 5.02. The van der Waals surface area contributed by atoms with E-state index in [-0.39, 0.29) is 11.9 Å². The maximum absolute atomic E-state index is 12.1. The largest absolute Gasteiger partial charge is 0.493 e. The van der Waals surface area contributed by atoms with Crippen LogP contribution in [-0.4, -0.2) is 31.8 Å². The lowest BCUT2D eigenvalue weighted by atomic mass is 10.1. The van der Waals surface area contributed by atoms with Crippen molar-refractivity contribution in [2.24, 2.45) is 0 Å². The first kappa shape index (κ1) is 23.5. The van der Waals surface area contributed by atoms with Gasteiger partial charge in [0.2, 0.25) is 0 Å². The van der Waals surface area contributed by atoms with E-state index in [0.717, 1.165) is 42.6 Å². The van der Waals surface area contributed by atoms with Crippen LogP contribution in [0.3, 0.4) is 0 Å². The van der Waals surface area contributed by atoms with E-state index in [2.05, 4.69) is 6.58 Å². The van der Waals surface area contributed by atoms with Crippen LogP contribution in [0.5, 0.6) is 5.75 Å². The van der Waals surface area contributed by atoms with Crippen LogP contribution in [0.15, 0.2) is 36.4 Å². The van der Waals surface area contributed by atoms with Crippen molar-refractivity contribution in [2.75, 3.05) is 19.8 Å². The van der Waals surface area contributed by atoms with Crippen molar-refractivity contribution in [1.82, 2.24) is 0 Å². The molecule has 0 atom stereocenters. The van der Waals surface area contributed by atoms with Gasteiger partial charge >= 0.3 is 11.9 Å². The molecule has 154 valence electrons. The van der Waals surface area contributed by atoms with Gasteiger partial charge in [0.05, 0.1) is 19.8 Å². The molecule has 0 heterocycles. The molecule has 0 N–H and O–H groups in total. The molecule has 5 nitrogen and oxygen atoms in total. The number of rotatable bonds is 13. The molecular weight excluding hydrogens is 356 g/mol. The summed E-state index contributed by atoms with van der Waals surface area (Å²) in [5, 5.41) is 0. The Morgan fingerprint density at radius 3 is 2.39 bits per heavy atom. The van der Waals surface area contributed by atoms with Gasteiger partial charge in [-0.25, -0.2) is 9.59 Å². The summed E-state index contributed by atoms with van der Waals surface area (Å²) in [6.45, 7) is 10.5. The van der Waals surface area contributed by atoms with Crippen LogP contribution in [0, 0.1) is 6.92 Å². The molecule has 1 rings (SSSR count). The van der Waals surface area contributed by atoms with Crippen molar-refractivity contribution in [3.8, 4) is 5.75 Å². The van der Waals surface area contributed by atoms with Crippen LogP contribution in [0.2, 0.25) is 0 Å². The van der Waals surface area contributed by atoms with E-state index in [0.29, 0.717) is 31.8 Å². The van der Waals surface area contributed by atoms with Crippen LogP contribution in [0.4, 0.5) is 0 Å².